The van der Waals surface area contributed by atoms with Gasteiger partial charge in [-0.2, -0.15) is 0 Å². The smallest absolute Gasteiger partial charge is 0.338 e. The second-order valence-corrected chi connectivity index (χ2v) is 11.2. The SMILES string of the molecule is C=C(C)C(=O)Oc1ccc(-c2ccc(-c3ccc(-c4ccc(OC(=O)C(=C)C)c(OC(=O)C(=C)C)c4)cc3)cc2)cc1OC(=O)C(=C)C. The maximum Gasteiger partial charge on any atom is 0.338 e. The van der Waals surface area contributed by atoms with E-state index in [1.54, 1.807) is 36.4 Å². The zero-order chi connectivity index (χ0) is 35.1. The van der Waals surface area contributed by atoms with E-state index in [2.05, 4.69) is 26.3 Å². The summed E-state index contributed by atoms with van der Waals surface area (Å²) in [6, 6.07) is 25.4. The second-order valence-electron chi connectivity index (χ2n) is 11.2. The van der Waals surface area contributed by atoms with Crippen LogP contribution in [0, 0.1) is 0 Å². The predicted molar refractivity (Wildman–Crippen MR) is 185 cm³/mol. The van der Waals surface area contributed by atoms with Crippen molar-refractivity contribution in [2.45, 2.75) is 27.7 Å². The van der Waals surface area contributed by atoms with E-state index in [1.807, 2.05) is 48.5 Å². The zero-order valence-corrected chi connectivity index (χ0v) is 27.2. The van der Waals surface area contributed by atoms with Crippen molar-refractivity contribution in [2.75, 3.05) is 0 Å². The molecule has 0 fully saturated rings. The van der Waals surface area contributed by atoms with Gasteiger partial charge in [0.15, 0.2) is 23.0 Å². The molecule has 0 aromatic heterocycles. The molecule has 0 unspecified atom stereocenters. The molecule has 4 aromatic rings. The van der Waals surface area contributed by atoms with Crippen LogP contribution in [0.1, 0.15) is 27.7 Å². The Morgan fingerprint density at radius 3 is 0.812 bits per heavy atom. The van der Waals surface area contributed by atoms with Gasteiger partial charge in [-0.05, 0) is 85.3 Å². The first kappa shape index (κ1) is 34.6. The molecule has 0 bridgehead atoms. The molecule has 0 spiro atoms. The Morgan fingerprint density at radius 1 is 0.354 bits per heavy atom. The van der Waals surface area contributed by atoms with Crippen molar-refractivity contribution in [3.63, 3.8) is 0 Å². The molecular formula is C40H34O8. The van der Waals surface area contributed by atoms with Gasteiger partial charge in [-0.3, -0.25) is 0 Å². The Balaban J connectivity index is 1.59. The van der Waals surface area contributed by atoms with Crippen LogP contribution in [0.4, 0.5) is 0 Å². The van der Waals surface area contributed by atoms with Crippen LogP contribution in [0.25, 0.3) is 33.4 Å². The first-order valence-electron chi connectivity index (χ1n) is 14.7. The first-order valence-corrected chi connectivity index (χ1v) is 14.7. The molecule has 0 aliphatic carbocycles. The lowest BCUT2D eigenvalue weighted by molar-refractivity contribution is -0.132. The maximum atomic E-state index is 12.3. The highest BCUT2D eigenvalue weighted by molar-refractivity contribution is 5.92. The standard InChI is InChI=1S/C40H34O8/c1-23(2)37(41)45-33-19-17-31(21-35(33)47-39(43)25(5)6)29-13-9-27(10-14-29)28-11-15-30(16-12-28)32-18-20-34(46-38(42)24(3)4)36(22-32)48-40(44)26(7)8/h9-22H,1,3,5,7H2,2,4,6,8H3. The van der Waals surface area contributed by atoms with Crippen LogP contribution in [-0.2, 0) is 19.2 Å². The third-order valence-corrected chi connectivity index (χ3v) is 6.86. The van der Waals surface area contributed by atoms with Gasteiger partial charge >= 0.3 is 23.9 Å². The van der Waals surface area contributed by atoms with Crippen LogP contribution in [0.5, 0.6) is 23.0 Å². The van der Waals surface area contributed by atoms with Crippen LogP contribution in [0.15, 0.2) is 134 Å². The number of esters is 4. The van der Waals surface area contributed by atoms with E-state index in [4.69, 9.17) is 18.9 Å². The molecule has 0 aliphatic rings. The van der Waals surface area contributed by atoms with E-state index in [0.717, 1.165) is 33.4 Å². The molecule has 242 valence electrons. The van der Waals surface area contributed by atoms with Gasteiger partial charge in [-0.25, -0.2) is 19.2 Å². The number of benzene rings is 4. The highest BCUT2D eigenvalue weighted by Gasteiger charge is 2.18. The maximum absolute atomic E-state index is 12.3. The number of carbonyl (C=O) groups excluding carboxylic acids is 4. The number of hydrogen-bond donors (Lipinski definition) is 0. The van der Waals surface area contributed by atoms with Gasteiger partial charge in [0.1, 0.15) is 0 Å². The van der Waals surface area contributed by atoms with Gasteiger partial charge < -0.3 is 18.9 Å². The fourth-order valence-corrected chi connectivity index (χ4v) is 4.16. The molecule has 8 nitrogen and oxygen atoms in total. The van der Waals surface area contributed by atoms with Crippen LogP contribution in [0.2, 0.25) is 0 Å². The molecule has 0 saturated heterocycles. The Kier molecular flexibility index (Phi) is 10.7. The summed E-state index contributed by atoms with van der Waals surface area (Å²) < 4.78 is 21.7. The normalized spacial score (nSPS) is 10.3. The molecule has 4 rings (SSSR count). The van der Waals surface area contributed by atoms with Crippen molar-refractivity contribution < 1.29 is 38.1 Å². The molecule has 0 N–H and O–H groups in total. The lowest BCUT2D eigenvalue weighted by Crippen LogP contribution is -2.12. The van der Waals surface area contributed by atoms with Crippen molar-refractivity contribution in [3.05, 3.63) is 134 Å². The zero-order valence-electron chi connectivity index (χ0n) is 27.2. The number of ether oxygens (including phenoxy) is 4. The quantitative estimate of drug-likeness (QED) is 0.0910. The summed E-state index contributed by atoms with van der Waals surface area (Å²) in [6.45, 7) is 20.5. The van der Waals surface area contributed by atoms with Gasteiger partial charge in [0.05, 0.1) is 0 Å². The van der Waals surface area contributed by atoms with Gasteiger partial charge in [0.2, 0.25) is 0 Å². The summed E-state index contributed by atoms with van der Waals surface area (Å²) >= 11 is 0. The molecule has 0 radical (unpaired) electrons. The summed E-state index contributed by atoms with van der Waals surface area (Å²) in [5.74, 6) is -2.25. The first-order chi connectivity index (χ1) is 22.7. The molecular weight excluding hydrogens is 608 g/mol. The lowest BCUT2D eigenvalue weighted by atomic mass is 9.98. The highest BCUT2D eigenvalue weighted by Crippen LogP contribution is 2.36. The number of hydrogen-bond acceptors (Lipinski definition) is 8. The lowest BCUT2D eigenvalue weighted by Gasteiger charge is -2.13. The van der Waals surface area contributed by atoms with E-state index in [-0.39, 0.29) is 45.3 Å². The van der Waals surface area contributed by atoms with Gasteiger partial charge in [-0.1, -0.05) is 87.0 Å². The van der Waals surface area contributed by atoms with E-state index >= 15 is 0 Å². The Bertz CT molecular complexity index is 1830. The van der Waals surface area contributed by atoms with Crippen molar-refractivity contribution >= 4 is 23.9 Å². The van der Waals surface area contributed by atoms with Crippen LogP contribution in [-0.4, -0.2) is 23.9 Å². The van der Waals surface area contributed by atoms with E-state index in [9.17, 15) is 19.2 Å². The highest BCUT2D eigenvalue weighted by atomic mass is 16.6. The molecule has 48 heavy (non-hydrogen) atoms. The van der Waals surface area contributed by atoms with Crippen molar-refractivity contribution in [1.29, 1.82) is 0 Å². The molecule has 0 saturated carbocycles. The Hall–Kier alpha value is -6.28. The summed E-state index contributed by atoms with van der Waals surface area (Å²) in [5.41, 5.74) is 5.83. The average molecular weight is 643 g/mol. The fourth-order valence-electron chi connectivity index (χ4n) is 4.16. The molecule has 0 aliphatic heterocycles. The van der Waals surface area contributed by atoms with Crippen LogP contribution < -0.4 is 18.9 Å². The van der Waals surface area contributed by atoms with E-state index < -0.39 is 23.9 Å². The van der Waals surface area contributed by atoms with Crippen molar-refractivity contribution in [1.82, 2.24) is 0 Å². The Labute approximate surface area is 279 Å². The van der Waals surface area contributed by atoms with Crippen molar-refractivity contribution in [2.24, 2.45) is 0 Å². The van der Waals surface area contributed by atoms with Gasteiger partial charge in [-0.15, -0.1) is 0 Å². The van der Waals surface area contributed by atoms with Crippen molar-refractivity contribution in [3.8, 4) is 56.4 Å². The minimum atomic E-state index is -0.648. The topological polar surface area (TPSA) is 105 Å². The third-order valence-electron chi connectivity index (χ3n) is 6.86. The van der Waals surface area contributed by atoms with Crippen LogP contribution in [0.3, 0.4) is 0 Å². The van der Waals surface area contributed by atoms with Crippen LogP contribution >= 0.6 is 0 Å². The van der Waals surface area contributed by atoms with Gasteiger partial charge in [0.25, 0.3) is 0 Å². The van der Waals surface area contributed by atoms with E-state index in [0.29, 0.717) is 0 Å². The summed E-state index contributed by atoms with van der Waals surface area (Å²) in [4.78, 5) is 48.8. The molecule has 4 aromatic carbocycles. The molecule has 8 heteroatoms. The Morgan fingerprint density at radius 2 is 0.562 bits per heavy atom. The number of rotatable bonds is 11. The monoisotopic (exact) mass is 642 g/mol. The predicted octanol–water partition coefficient (Wildman–Crippen LogP) is 8.61. The van der Waals surface area contributed by atoms with Gasteiger partial charge in [0, 0.05) is 22.3 Å². The summed E-state index contributed by atoms with van der Waals surface area (Å²) in [5, 5.41) is 0. The average Bonchev–Trinajstić information content (AvgIpc) is 3.06. The van der Waals surface area contributed by atoms with E-state index in [1.165, 1.54) is 27.7 Å². The minimum absolute atomic E-state index is 0.0781. The summed E-state index contributed by atoms with van der Waals surface area (Å²) in [7, 11) is 0. The number of carbonyl (C=O) groups is 4. The second kappa shape index (κ2) is 14.9. The third kappa shape index (κ3) is 8.50. The fraction of sp³-hybridized carbons (Fsp3) is 0.100. The molecule has 0 amide bonds. The minimum Gasteiger partial charge on any atom is -0.419 e. The summed E-state index contributed by atoms with van der Waals surface area (Å²) in [6.07, 6.45) is 0. The molecule has 0 heterocycles. The molecule has 0 atom stereocenters. The largest absolute Gasteiger partial charge is 0.419 e.